The first-order chi connectivity index (χ1) is 15.5. The molecule has 0 saturated heterocycles. The zero-order chi connectivity index (χ0) is 23.0. The number of amides is 4. The summed E-state index contributed by atoms with van der Waals surface area (Å²) in [4.78, 5) is 23.8. The number of urea groups is 2. The zero-order valence-corrected chi connectivity index (χ0v) is 19.5. The lowest BCUT2D eigenvalue weighted by Gasteiger charge is -2.08. The lowest BCUT2D eigenvalue weighted by atomic mass is 10.1. The second-order valence-electron chi connectivity index (χ2n) is 8.33. The molecule has 0 heterocycles. The molecule has 6 heteroatoms. The fourth-order valence-electron chi connectivity index (χ4n) is 3.51. The van der Waals surface area contributed by atoms with Crippen LogP contribution in [0, 0.1) is 13.8 Å². The Labute approximate surface area is 192 Å². The van der Waals surface area contributed by atoms with Gasteiger partial charge in [-0.25, -0.2) is 9.59 Å². The van der Waals surface area contributed by atoms with Gasteiger partial charge in [0.2, 0.25) is 0 Å². The molecule has 0 spiro atoms. The molecule has 0 aliphatic rings. The number of hydrogen-bond acceptors (Lipinski definition) is 2. The van der Waals surface area contributed by atoms with Crippen molar-refractivity contribution in [3.8, 4) is 0 Å². The Kier molecular flexibility index (Phi) is 11.7. The van der Waals surface area contributed by atoms with Crippen molar-refractivity contribution in [2.75, 3.05) is 23.7 Å². The summed E-state index contributed by atoms with van der Waals surface area (Å²) in [6.07, 6.45) is 9.09. The second-order valence-corrected chi connectivity index (χ2v) is 8.33. The molecule has 174 valence electrons. The molecule has 0 aliphatic heterocycles. The highest BCUT2D eigenvalue weighted by atomic mass is 16.2. The van der Waals surface area contributed by atoms with Crippen LogP contribution in [0.4, 0.5) is 21.0 Å². The van der Waals surface area contributed by atoms with Gasteiger partial charge < -0.3 is 21.3 Å². The molecule has 2 aromatic carbocycles. The van der Waals surface area contributed by atoms with Crippen molar-refractivity contribution in [3.63, 3.8) is 0 Å². The molecule has 6 nitrogen and oxygen atoms in total. The zero-order valence-electron chi connectivity index (χ0n) is 19.5. The van der Waals surface area contributed by atoms with Crippen molar-refractivity contribution < 1.29 is 9.59 Å². The highest BCUT2D eigenvalue weighted by Crippen LogP contribution is 2.11. The molecule has 2 rings (SSSR count). The Bertz CT molecular complexity index is 769. The van der Waals surface area contributed by atoms with E-state index in [1.54, 1.807) is 0 Å². The number of nitrogens with one attached hydrogen (secondary N) is 4. The lowest BCUT2D eigenvalue weighted by Crippen LogP contribution is -2.29. The van der Waals surface area contributed by atoms with Crippen molar-refractivity contribution in [2.24, 2.45) is 0 Å². The van der Waals surface area contributed by atoms with Crippen molar-refractivity contribution in [1.82, 2.24) is 10.6 Å². The summed E-state index contributed by atoms with van der Waals surface area (Å²) in [6.45, 7) is 5.42. The third kappa shape index (κ3) is 11.4. The normalized spacial score (nSPS) is 10.4. The molecule has 0 fully saturated rings. The van der Waals surface area contributed by atoms with E-state index < -0.39 is 0 Å². The van der Waals surface area contributed by atoms with Gasteiger partial charge in [0.1, 0.15) is 0 Å². The summed E-state index contributed by atoms with van der Waals surface area (Å²) < 4.78 is 0. The summed E-state index contributed by atoms with van der Waals surface area (Å²) in [5, 5.41) is 11.5. The van der Waals surface area contributed by atoms with E-state index in [0.29, 0.717) is 13.1 Å². The van der Waals surface area contributed by atoms with Crippen LogP contribution in [0.25, 0.3) is 0 Å². The Morgan fingerprint density at radius 1 is 0.594 bits per heavy atom. The Morgan fingerprint density at radius 3 is 1.34 bits per heavy atom. The van der Waals surface area contributed by atoms with Gasteiger partial charge in [0.05, 0.1) is 0 Å². The minimum absolute atomic E-state index is 0.142. The molecule has 0 unspecified atom stereocenters. The van der Waals surface area contributed by atoms with Gasteiger partial charge in [0.15, 0.2) is 0 Å². The summed E-state index contributed by atoms with van der Waals surface area (Å²) in [6, 6.07) is 15.3. The van der Waals surface area contributed by atoms with Crippen LogP contribution in [0.5, 0.6) is 0 Å². The molecule has 0 aromatic heterocycles. The van der Waals surface area contributed by atoms with Crippen LogP contribution in [0.2, 0.25) is 0 Å². The first kappa shape index (κ1) is 25.2. The monoisotopic (exact) mass is 438 g/mol. The molecule has 0 aliphatic carbocycles. The van der Waals surface area contributed by atoms with Crippen LogP contribution < -0.4 is 21.3 Å². The quantitative estimate of drug-likeness (QED) is 0.274. The summed E-state index contributed by atoms with van der Waals surface area (Å²) in [5.74, 6) is 0. The van der Waals surface area contributed by atoms with Gasteiger partial charge >= 0.3 is 12.1 Å². The SMILES string of the molecule is Cc1cccc(NC(=O)NCCCCCCCCCCNC(=O)Nc2cccc(C)c2)c1. The van der Waals surface area contributed by atoms with Gasteiger partial charge in [-0.15, -0.1) is 0 Å². The van der Waals surface area contributed by atoms with Crippen molar-refractivity contribution in [2.45, 2.75) is 65.2 Å². The van der Waals surface area contributed by atoms with Gasteiger partial charge in [-0.05, 0) is 62.1 Å². The number of hydrogen-bond donors (Lipinski definition) is 4. The second kappa shape index (κ2) is 14.9. The Morgan fingerprint density at radius 2 is 0.969 bits per heavy atom. The fourth-order valence-corrected chi connectivity index (χ4v) is 3.51. The van der Waals surface area contributed by atoms with Gasteiger partial charge in [0, 0.05) is 24.5 Å². The predicted octanol–water partition coefficient (Wildman–Crippen LogP) is 6.37. The molecular formula is C26H38N4O2. The first-order valence-electron chi connectivity index (χ1n) is 11.8. The van der Waals surface area contributed by atoms with E-state index in [1.807, 2.05) is 62.4 Å². The largest absolute Gasteiger partial charge is 0.338 e. The maximum absolute atomic E-state index is 11.9. The minimum atomic E-state index is -0.142. The first-order valence-corrected chi connectivity index (χ1v) is 11.8. The Hall–Kier alpha value is -3.02. The lowest BCUT2D eigenvalue weighted by molar-refractivity contribution is 0.251. The molecule has 0 atom stereocenters. The van der Waals surface area contributed by atoms with Gasteiger partial charge in [-0.1, -0.05) is 62.8 Å². The van der Waals surface area contributed by atoms with Crippen LogP contribution in [-0.2, 0) is 0 Å². The fraction of sp³-hybridized carbons (Fsp3) is 0.462. The van der Waals surface area contributed by atoms with Gasteiger partial charge in [-0.2, -0.15) is 0 Å². The highest BCUT2D eigenvalue weighted by Gasteiger charge is 2.02. The van der Waals surface area contributed by atoms with E-state index in [0.717, 1.165) is 48.2 Å². The smallest absolute Gasteiger partial charge is 0.319 e. The van der Waals surface area contributed by atoms with Crippen molar-refractivity contribution in [3.05, 3.63) is 59.7 Å². The molecule has 0 radical (unpaired) electrons. The third-order valence-electron chi connectivity index (χ3n) is 5.23. The van der Waals surface area contributed by atoms with Crippen LogP contribution in [0.1, 0.15) is 62.5 Å². The van der Waals surface area contributed by atoms with E-state index in [2.05, 4.69) is 21.3 Å². The average Bonchev–Trinajstić information content (AvgIpc) is 2.74. The van der Waals surface area contributed by atoms with Crippen LogP contribution >= 0.6 is 0 Å². The summed E-state index contributed by atoms with van der Waals surface area (Å²) in [7, 11) is 0. The predicted molar refractivity (Wildman–Crippen MR) is 133 cm³/mol. The molecule has 0 bridgehead atoms. The van der Waals surface area contributed by atoms with Crippen molar-refractivity contribution >= 4 is 23.4 Å². The maximum Gasteiger partial charge on any atom is 0.319 e. The third-order valence-corrected chi connectivity index (χ3v) is 5.23. The molecule has 4 N–H and O–H groups in total. The molecule has 2 aromatic rings. The van der Waals surface area contributed by atoms with E-state index >= 15 is 0 Å². The van der Waals surface area contributed by atoms with Crippen LogP contribution in [0.3, 0.4) is 0 Å². The molecule has 4 amide bonds. The number of anilines is 2. The van der Waals surface area contributed by atoms with E-state index in [-0.39, 0.29) is 12.1 Å². The number of aryl methyl sites for hydroxylation is 2. The van der Waals surface area contributed by atoms with E-state index in [1.165, 1.54) is 25.7 Å². The van der Waals surface area contributed by atoms with Crippen LogP contribution in [-0.4, -0.2) is 25.2 Å². The number of benzene rings is 2. The summed E-state index contributed by atoms with van der Waals surface area (Å²) >= 11 is 0. The number of carbonyl (C=O) groups excluding carboxylic acids is 2. The topological polar surface area (TPSA) is 82.3 Å². The average molecular weight is 439 g/mol. The van der Waals surface area contributed by atoms with E-state index in [4.69, 9.17) is 0 Å². The van der Waals surface area contributed by atoms with Gasteiger partial charge in [-0.3, -0.25) is 0 Å². The number of unbranched alkanes of at least 4 members (excludes halogenated alkanes) is 7. The molecule has 0 saturated carbocycles. The Balaban J connectivity index is 1.36. The summed E-state index contributed by atoms with van der Waals surface area (Å²) in [5.41, 5.74) is 3.90. The van der Waals surface area contributed by atoms with E-state index in [9.17, 15) is 9.59 Å². The van der Waals surface area contributed by atoms with Crippen LogP contribution in [0.15, 0.2) is 48.5 Å². The standard InChI is InChI=1S/C26H38N4O2/c1-21-13-11-15-23(19-21)29-25(31)27-17-9-7-5-3-4-6-8-10-18-28-26(32)30-24-16-12-14-22(2)20-24/h11-16,19-20H,3-10,17-18H2,1-2H3,(H2,27,29,31)(H2,28,30,32). The van der Waals surface area contributed by atoms with Gasteiger partial charge in [0.25, 0.3) is 0 Å². The number of carbonyl (C=O) groups is 2. The van der Waals surface area contributed by atoms with Crippen molar-refractivity contribution in [1.29, 1.82) is 0 Å². The molecule has 32 heavy (non-hydrogen) atoms. The molecular weight excluding hydrogens is 400 g/mol. The highest BCUT2D eigenvalue weighted by molar-refractivity contribution is 5.89. The maximum atomic E-state index is 11.9. The number of rotatable bonds is 13. The minimum Gasteiger partial charge on any atom is -0.338 e.